The van der Waals surface area contributed by atoms with Gasteiger partial charge in [-0.05, 0) is 110 Å². The Kier molecular flexibility index (Phi) is 9.39. The third-order valence-corrected chi connectivity index (χ3v) is 12.6. The minimum Gasteiger partial charge on any atom is -0.485 e. The van der Waals surface area contributed by atoms with Gasteiger partial charge in [0.2, 0.25) is 11.6 Å². The van der Waals surface area contributed by atoms with E-state index in [1.165, 1.54) is 57.8 Å². The lowest BCUT2D eigenvalue weighted by Gasteiger charge is -2.61. The Morgan fingerprint density at radius 2 is 1.49 bits per heavy atom. The fourth-order valence-corrected chi connectivity index (χ4v) is 10.4. The molecular formula is C35H52F4O2. The summed E-state index contributed by atoms with van der Waals surface area (Å²) in [5.74, 6) is -1.29. The van der Waals surface area contributed by atoms with Crippen molar-refractivity contribution < 1.29 is 27.0 Å². The van der Waals surface area contributed by atoms with E-state index in [2.05, 4.69) is 34.6 Å². The first-order chi connectivity index (χ1) is 19.5. The molecule has 4 aliphatic carbocycles. The van der Waals surface area contributed by atoms with Crippen molar-refractivity contribution in [2.45, 2.75) is 118 Å². The SMILES string of the molecule is CC(C)CCCC(C)C1CCC2C3CCC4CC(OCCOc5c(F)c(F)cc(F)c5F)CCC4(C)C3CCC12C. The molecule has 4 aliphatic rings. The maximum absolute atomic E-state index is 13.9. The van der Waals surface area contributed by atoms with Gasteiger partial charge in [0.25, 0.3) is 0 Å². The highest BCUT2D eigenvalue weighted by molar-refractivity contribution is 5.28. The fourth-order valence-electron chi connectivity index (χ4n) is 10.4. The van der Waals surface area contributed by atoms with Gasteiger partial charge in [-0.1, -0.05) is 53.9 Å². The van der Waals surface area contributed by atoms with Crippen molar-refractivity contribution in [2.24, 2.45) is 52.3 Å². The number of halogens is 4. The standard InChI is InChI=1S/C35H52F4O2/c1-21(2)7-6-8-22(3)26-11-12-27-25-10-9-23-19-24(13-15-34(23,4)28(25)14-16-35(26,27)5)40-17-18-41-33-31(38)29(36)20-30(37)32(33)39/h20-28H,6-19H2,1-5H3. The Balaban J connectivity index is 1.14. The highest BCUT2D eigenvalue weighted by atomic mass is 19.2. The average molecular weight is 581 g/mol. The van der Waals surface area contributed by atoms with E-state index in [-0.39, 0.29) is 25.4 Å². The fraction of sp³-hybridized carbons (Fsp3) is 0.829. The Morgan fingerprint density at radius 3 is 2.20 bits per heavy atom. The second-order valence-electron chi connectivity index (χ2n) is 15.1. The molecule has 0 heterocycles. The second kappa shape index (κ2) is 12.4. The van der Waals surface area contributed by atoms with Crippen LogP contribution in [0.1, 0.15) is 112 Å². The summed E-state index contributed by atoms with van der Waals surface area (Å²) in [6.07, 6.45) is 15.5. The van der Waals surface area contributed by atoms with E-state index in [0.29, 0.717) is 16.7 Å². The van der Waals surface area contributed by atoms with E-state index in [1.807, 2.05) is 0 Å². The van der Waals surface area contributed by atoms with E-state index in [1.54, 1.807) is 0 Å². The molecule has 0 aromatic heterocycles. The van der Waals surface area contributed by atoms with Gasteiger partial charge < -0.3 is 9.47 Å². The van der Waals surface area contributed by atoms with Gasteiger partial charge in [0, 0.05) is 6.07 Å². The molecule has 1 aromatic rings. The van der Waals surface area contributed by atoms with Crippen LogP contribution in [-0.4, -0.2) is 19.3 Å². The highest BCUT2D eigenvalue weighted by Crippen LogP contribution is 2.68. The molecule has 0 amide bonds. The van der Waals surface area contributed by atoms with Gasteiger partial charge in [-0.3, -0.25) is 0 Å². The third kappa shape index (κ3) is 5.94. The molecule has 0 radical (unpaired) electrons. The summed E-state index contributed by atoms with van der Waals surface area (Å²) in [5.41, 5.74) is 0.860. The maximum Gasteiger partial charge on any atom is 0.203 e. The van der Waals surface area contributed by atoms with E-state index >= 15 is 0 Å². The van der Waals surface area contributed by atoms with Crippen molar-refractivity contribution in [1.29, 1.82) is 0 Å². The largest absolute Gasteiger partial charge is 0.485 e. The van der Waals surface area contributed by atoms with E-state index in [0.717, 1.165) is 54.8 Å². The van der Waals surface area contributed by atoms with Crippen LogP contribution in [0.2, 0.25) is 0 Å². The first kappa shape index (κ1) is 31.1. The van der Waals surface area contributed by atoms with Crippen LogP contribution in [0.5, 0.6) is 5.75 Å². The first-order valence-electron chi connectivity index (χ1n) is 16.5. The summed E-state index contributed by atoms with van der Waals surface area (Å²) >= 11 is 0. The normalized spacial score (nSPS) is 37.4. The minimum absolute atomic E-state index is 0.0866. The van der Waals surface area contributed by atoms with Crippen LogP contribution in [0.15, 0.2) is 6.07 Å². The zero-order valence-corrected chi connectivity index (χ0v) is 25.9. The number of hydrogen-bond donors (Lipinski definition) is 0. The lowest BCUT2D eigenvalue weighted by Crippen LogP contribution is -2.54. The Labute approximate surface area is 245 Å². The molecule has 0 saturated heterocycles. The van der Waals surface area contributed by atoms with Gasteiger partial charge in [0.1, 0.15) is 6.61 Å². The van der Waals surface area contributed by atoms with Crippen molar-refractivity contribution in [3.63, 3.8) is 0 Å². The minimum atomic E-state index is -1.51. The van der Waals surface area contributed by atoms with Crippen LogP contribution in [0, 0.1) is 75.5 Å². The van der Waals surface area contributed by atoms with Gasteiger partial charge in [-0.15, -0.1) is 0 Å². The first-order valence-corrected chi connectivity index (χ1v) is 16.5. The predicted octanol–water partition coefficient (Wildman–Crippen LogP) is 10.1. The molecule has 9 atom stereocenters. The molecule has 0 aliphatic heterocycles. The topological polar surface area (TPSA) is 18.5 Å². The van der Waals surface area contributed by atoms with E-state index in [9.17, 15) is 17.6 Å². The van der Waals surface area contributed by atoms with E-state index in [4.69, 9.17) is 9.47 Å². The van der Waals surface area contributed by atoms with Crippen LogP contribution in [0.4, 0.5) is 17.6 Å². The molecule has 232 valence electrons. The molecule has 0 N–H and O–H groups in total. The number of rotatable bonds is 10. The monoisotopic (exact) mass is 580 g/mol. The smallest absolute Gasteiger partial charge is 0.203 e. The molecule has 0 bridgehead atoms. The Bertz CT molecular complexity index is 1030. The van der Waals surface area contributed by atoms with Gasteiger partial charge >= 0.3 is 0 Å². The van der Waals surface area contributed by atoms with Crippen molar-refractivity contribution >= 4 is 0 Å². The number of fused-ring (bicyclic) bond motifs is 5. The Hall–Kier alpha value is -1.30. The molecular weight excluding hydrogens is 528 g/mol. The summed E-state index contributed by atoms with van der Waals surface area (Å²) in [6.45, 7) is 12.4. The summed E-state index contributed by atoms with van der Waals surface area (Å²) < 4.78 is 65.8. The summed E-state index contributed by atoms with van der Waals surface area (Å²) in [7, 11) is 0. The van der Waals surface area contributed by atoms with Gasteiger partial charge in [0.15, 0.2) is 17.4 Å². The van der Waals surface area contributed by atoms with Gasteiger partial charge in [-0.25, -0.2) is 8.78 Å². The lowest BCUT2D eigenvalue weighted by molar-refractivity contribution is -0.137. The van der Waals surface area contributed by atoms with Crippen LogP contribution in [0.25, 0.3) is 0 Å². The third-order valence-electron chi connectivity index (χ3n) is 12.6. The van der Waals surface area contributed by atoms with Crippen LogP contribution < -0.4 is 4.74 Å². The average Bonchev–Trinajstić information content (AvgIpc) is 3.28. The number of benzene rings is 1. The van der Waals surface area contributed by atoms with Gasteiger partial charge in [0.05, 0.1) is 12.7 Å². The molecule has 9 unspecified atom stereocenters. The van der Waals surface area contributed by atoms with Crippen molar-refractivity contribution in [3.05, 3.63) is 29.3 Å². The van der Waals surface area contributed by atoms with Crippen LogP contribution in [0.3, 0.4) is 0 Å². The number of ether oxygens (including phenoxy) is 2. The zero-order valence-electron chi connectivity index (χ0n) is 25.9. The predicted molar refractivity (Wildman–Crippen MR) is 155 cm³/mol. The number of hydrogen-bond acceptors (Lipinski definition) is 2. The van der Waals surface area contributed by atoms with Gasteiger partial charge in [-0.2, -0.15) is 8.78 Å². The van der Waals surface area contributed by atoms with Crippen molar-refractivity contribution in [1.82, 2.24) is 0 Å². The molecule has 4 fully saturated rings. The quantitative estimate of drug-likeness (QED) is 0.156. The molecule has 4 saturated carbocycles. The molecule has 41 heavy (non-hydrogen) atoms. The summed E-state index contributed by atoms with van der Waals surface area (Å²) in [5, 5.41) is 0. The maximum atomic E-state index is 13.9. The molecule has 5 rings (SSSR count). The lowest BCUT2D eigenvalue weighted by atomic mass is 9.44. The zero-order chi connectivity index (χ0) is 29.5. The molecule has 1 aromatic carbocycles. The van der Waals surface area contributed by atoms with E-state index < -0.39 is 29.0 Å². The molecule has 2 nitrogen and oxygen atoms in total. The second-order valence-corrected chi connectivity index (χ2v) is 15.1. The van der Waals surface area contributed by atoms with Crippen molar-refractivity contribution in [3.8, 4) is 5.75 Å². The Morgan fingerprint density at radius 1 is 0.805 bits per heavy atom. The molecule has 6 heteroatoms. The van der Waals surface area contributed by atoms with Crippen LogP contribution in [-0.2, 0) is 4.74 Å². The van der Waals surface area contributed by atoms with Crippen molar-refractivity contribution in [2.75, 3.05) is 13.2 Å². The highest BCUT2D eigenvalue weighted by Gasteiger charge is 2.60. The molecule has 0 spiro atoms. The summed E-state index contributed by atoms with van der Waals surface area (Å²) in [4.78, 5) is 0. The van der Waals surface area contributed by atoms with Crippen LogP contribution >= 0.6 is 0 Å². The summed E-state index contributed by atoms with van der Waals surface area (Å²) in [6, 6.07) is 0.190.